The van der Waals surface area contributed by atoms with E-state index in [1.54, 1.807) is 33.5 Å². The van der Waals surface area contributed by atoms with Gasteiger partial charge in [-0.3, -0.25) is 9.69 Å². The SMILES string of the molecule is COc1ccc(CN2CCCC(C(=O)c3cccc(Cl)c3)C2)c(OC)c1OC. The maximum atomic E-state index is 12.9. The van der Waals surface area contributed by atoms with Crippen LogP contribution in [-0.2, 0) is 6.54 Å². The molecule has 1 aliphatic rings. The van der Waals surface area contributed by atoms with Gasteiger partial charge in [-0.05, 0) is 37.6 Å². The van der Waals surface area contributed by atoms with Crippen molar-refractivity contribution in [2.45, 2.75) is 19.4 Å². The summed E-state index contributed by atoms with van der Waals surface area (Å²) in [6, 6.07) is 11.1. The number of ketones is 1. The molecule has 3 rings (SSSR count). The summed E-state index contributed by atoms with van der Waals surface area (Å²) >= 11 is 6.05. The normalized spacial score (nSPS) is 17.2. The minimum Gasteiger partial charge on any atom is -0.493 e. The fraction of sp³-hybridized carbons (Fsp3) is 0.409. The molecule has 28 heavy (non-hydrogen) atoms. The molecule has 0 amide bonds. The average Bonchev–Trinajstić information content (AvgIpc) is 2.72. The molecule has 0 spiro atoms. The first-order valence-electron chi connectivity index (χ1n) is 9.37. The number of Topliss-reactive ketones (excluding diaryl/α,β-unsaturated/α-hetero) is 1. The van der Waals surface area contributed by atoms with E-state index in [0.717, 1.165) is 24.9 Å². The van der Waals surface area contributed by atoms with Crippen LogP contribution in [0.5, 0.6) is 17.2 Å². The maximum Gasteiger partial charge on any atom is 0.203 e. The highest BCUT2D eigenvalue weighted by Crippen LogP contribution is 2.40. The molecular formula is C22H26ClNO4. The largest absolute Gasteiger partial charge is 0.493 e. The van der Waals surface area contributed by atoms with Crippen molar-refractivity contribution in [2.24, 2.45) is 5.92 Å². The number of benzene rings is 2. The molecule has 1 aliphatic heterocycles. The van der Waals surface area contributed by atoms with Crippen molar-refractivity contribution in [1.29, 1.82) is 0 Å². The summed E-state index contributed by atoms with van der Waals surface area (Å²) in [5, 5.41) is 0.591. The van der Waals surface area contributed by atoms with Crippen molar-refractivity contribution in [3.05, 3.63) is 52.5 Å². The number of piperidine rings is 1. The minimum absolute atomic E-state index is 0.0293. The van der Waals surface area contributed by atoms with Crippen LogP contribution in [0.25, 0.3) is 0 Å². The van der Waals surface area contributed by atoms with Crippen LogP contribution < -0.4 is 14.2 Å². The Hall–Kier alpha value is -2.24. The fourth-order valence-electron chi connectivity index (χ4n) is 3.82. The Kier molecular flexibility index (Phi) is 6.81. The van der Waals surface area contributed by atoms with E-state index in [1.165, 1.54) is 0 Å². The molecule has 5 nitrogen and oxygen atoms in total. The lowest BCUT2D eigenvalue weighted by atomic mass is 9.90. The average molecular weight is 404 g/mol. The first-order chi connectivity index (χ1) is 13.6. The number of hydrogen-bond acceptors (Lipinski definition) is 5. The summed E-state index contributed by atoms with van der Waals surface area (Å²) in [4.78, 5) is 15.2. The first-order valence-corrected chi connectivity index (χ1v) is 9.75. The van der Waals surface area contributed by atoms with Crippen molar-refractivity contribution in [3.63, 3.8) is 0 Å². The van der Waals surface area contributed by atoms with Gasteiger partial charge in [-0.25, -0.2) is 0 Å². The van der Waals surface area contributed by atoms with Crippen molar-refractivity contribution in [2.75, 3.05) is 34.4 Å². The van der Waals surface area contributed by atoms with Gasteiger partial charge in [0.25, 0.3) is 0 Å². The van der Waals surface area contributed by atoms with Crippen molar-refractivity contribution < 1.29 is 19.0 Å². The molecule has 1 fully saturated rings. The Labute approximate surface area is 171 Å². The van der Waals surface area contributed by atoms with Gasteiger partial charge in [-0.2, -0.15) is 0 Å². The van der Waals surface area contributed by atoms with Gasteiger partial charge >= 0.3 is 0 Å². The summed E-state index contributed by atoms with van der Waals surface area (Å²) in [5.74, 6) is 2.02. The molecule has 2 aromatic rings. The van der Waals surface area contributed by atoms with Gasteiger partial charge in [0.2, 0.25) is 5.75 Å². The Morgan fingerprint density at radius 1 is 1.11 bits per heavy atom. The lowest BCUT2D eigenvalue weighted by Crippen LogP contribution is -2.38. The van der Waals surface area contributed by atoms with E-state index >= 15 is 0 Å². The van der Waals surface area contributed by atoms with Crippen molar-refractivity contribution in [1.82, 2.24) is 4.90 Å². The summed E-state index contributed by atoms with van der Waals surface area (Å²) in [6.45, 7) is 2.34. The Morgan fingerprint density at radius 2 is 1.89 bits per heavy atom. The molecule has 2 aromatic carbocycles. The van der Waals surface area contributed by atoms with Crippen molar-refractivity contribution in [3.8, 4) is 17.2 Å². The topological polar surface area (TPSA) is 48.0 Å². The predicted octanol–water partition coefficient (Wildman–Crippen LogP) is 4.46. The molecule has 0 bridgehead atoms. The lowest BCUT2D eigenvalue weighted by molar-refractivity contribution is 0.0810. The van der Waals surface area contributed by atoms with E-state index in [9.17, 15) is 4.79 Å². The number of rotatable bonds is 7. The Balaban J connectivity index is 1.76. The summed E-state index contributed by atoms with van der Waals surface area (Å²) in [7, 11) is 4.83. The summed E-state index contributed by atoms with van der Waals surface area (Å²) in [6.07, 6.45) is 1.87. The van der Waals surface area contributed by atoms with Gasteiger partial charge in [0.05, 0.1) is 21.3 Å². The Morgan fingerprint density at radius 3 is 2.57 bits per heavy atom. The van der Waals surface area contributed by atoms with Crippen LogP contribution in [-0.4, -0.2) is 45.1 Å². The van der Waals surface area contributed by atoms with E-state index in [4.69, 9.17) is 25.8 Å². The second kappa shape index (κ2) is 9.30. The van der Waals surface area contributed by atoms with Crippen LogP contribution in [0.15, 0.2) is 36.4 Å². The molecule has 1 heterocycles. The fourth-order valence-corrected chi connectivity index (χ4v) is 4.01. The zero-order chi connectivity index (χ0) is 20.1. The van der Waals surface area contributed by atoms with E-state index in [1.807, 2.05) is 24.3 Å². The van der Waals surface area contributed by atoms with Crippen LogP contribution in [0.3, 0.4) is 0 Å². The molecule has 0 aromatic heterocycles. The number of halogens is 1. The number of carbonyl (C=O) groups is 1. The van der Waals surface area contributed by atoms with Crippen LogP contribution >= 0.6 is 11.6 Å². The highest BCUT2D eigenvalue weighted by molar-refractivity contribution is 6.31. The molecule has 1 saturated heterocycles. The minimum atomic E-state index is -0.0293. The highest BCUT2D eigenvalue weighted by Gasteiger charge is 2.28. The van der Waals surface area contributed by atoms with Crippen LogP contribution in [0.2, 0.25) is 5.02 Å². The number of nitrogens with zero attached hydrogens (tertiary/aromatic N) is 1. The molecule has 6 heteroatoms. The van der Waals surface area contributed by atoms with E-state index in [0.29, 0.717) is 40.9 Å². The van der Waals surface area contributed by atoms with Gasteiger partial charge in [0.1, 0.15) is 0 Å². The number of carbonyl (C=O) groups excluding carboxylic acids is 1. The molecule has 1 unspecified atom stereocenters. The zero-order valence-electron chi connectivity index (χ0n) is 16.5. The van der Waals surface area contributed by atoms with E-state index < -0.39 is 0 Å². The third-order valence-electron chi connectivity index (χ3n) is 5.17. The number of hydrogen-bond donors (Lipinski definition) is 0. The third-order valence-corrected chi connectivity index (χ3v) is 5.40. The van der Waals surface area contributed by atoms with Gasteiger partial charge in [0.15, 0.2) is 17.3 Å². The number of likely N-dealkylation sites (tertiary alicyclic amines) is 1. The molecule has 0 saturated carbocycles. The smallest absolute Gasteiger partial charge is 0.203 e. The highest BCUT2D eigenvalue weighted by atomic mass is 35.5. The molecule has 1 atom stereocenters. The number of ether oxygens (including phenoxy) is 3. The van der Waals surface area contributed by atoms with Gasteiger partial charge < -0.3 is 14.2 Å². The summed E-state index contributed by atoms with van der Waals surface area (Å²) in [5.41, 5.74) is 1.69. The molecule has 0 radical (unpaired) electrons. The van der Waals surface area contributed by atoms with Crippen LogP contribution in [0.1, 0.15) is 28.8 Å². The standard InChI is InChI=1S/C22H26ClNO4/c1-26-19-10-9-17(21(27-2)22(19)28-3)14-24-11-5-7-16(13-24)20(25)15-6-4-8-18(23)12-15/h4,6,8-10,12,16H,5,7,11,13-14H2,1-3H3. The second-order valence-corrected chi connectivity index (χ2v) is 7.38. The monoisotopic (exact) mass is 403 g/mol. The third kappa shape index (κ3) is 4.42. The molecular weight excluding hydrogens is 378 g/mol. The predicted molar refractivity (Wildman–Crippen MR) is 110 cm³/mol. The van der Waals surface area contributed by atoms with Crippen LogP contribution in [0, 0.1) is 5.92 Å². The van der Waals surface area contributed by atoms with Crippen molar-refractivity contribution >= 4 is 17.4 Å². The van der Waals surface area contributed by atoms with E-state index in [2.05, 4.69) is 4.90 Å². The van der Waals surface area contributed by atoms with E-state index in [-0.39, 0.29) is 11.7 Å². The lowest BCUT2D eigenvalue weighted by Gasteiger charge is -2.32. The van der Waals surface area contributed by atoms with Gasteiger partial charge in [0, 0.05) is 35.2 Å². The van der Waals surface area contributed by atoms with Gasteiger partial charge in [-0.15, -0.1) is 0 Å². The number of methoxy groups -OCH3 is 3. The quantitative estimate of drug-likeness (QED) is 0.639. The molecule has 0 N–H and O–H groups in total. The molecule has 150 valence electrons. The van der Waals surface area contributed by atoms with Crippen LogP contribution in [0.4, 0.5) is 0 Å². The Bertz CT molecular complexity index is 839. The molecule has 0 aliphatic carbocycles. The zero-order valence-corrected chi connectivity index (χ0v) is 17.3. The maximum absolute atomic E-state index is 12.9. The summed E-state index contributed by atoms with van der Waals surface area (Å²) < 4.78 is 16.4. The van der Waals surface area contributed by atoms with Gasteiger partial charge in [-0.1, -0.05) is 29.8 Å². The second-order valence-electron chi connectivity index (χ2n) is 6.94. The first kappa shape index (κ1) is 20.5.